The number of anilines is 1. The summed E-state index contributed by atoms with van der Waals surface area (Å²) in [5, 5.41) is 2.93. The van der Waals surface area contributed by atoms with Gasteiger partial charge in [0.1, 0.15) is 0 Å². The van der Waals surface area contributed by atoms with E-state index in [2.05, 4.69) is 5.32 Å². The molecule has 110 valence electrons. The molecule has 0 fully saturated rings. The highest BCUT2D eigenvalue weighted by atomic mass is 35.5. The van der Waals surface area contributed by atoms with Crippen molar-refractivity contribution in [1.29, 1.82) is 0 Å². The van der Waals surface area contributed by atoms with E-state index >= 15 is 0 Å². The number of halogens is 4. The summed E-state index contributed by atoms with van der Waals surface area (Å²) >= 11 is 5.98. The van der Waals surface area contributed by atoms with Crippen molar-refractivity contribution in [3.8, 4) is 0 Å². The lowest BCUT2D eigenvalue weighted by Gasteiger charge is -2.09. The fourth-order valence-corrected chi connectivity index (χ4v) is 2.01. The second-order valence-electron chi connectivity index (χ2n) is 4.51. The lowest BCUT2D eigenvalue weighted by molar-refractivity contribution is -0.137. The summed E-state index contributed by atoms with van der Waals surface area (Å²) in [4.78, 5) is 12.0. The van der Waals surface area contributed by atoms with Crippen LogP contribution in [0.4, 0.5) is 18.9 Å². The third-order valence-corrected chi connectivity index (χ3v) is 3.16. The number of carbonyl (C=O) groups excluding carboxylic acids is 1. The highest BCUT2D eigenvalue weighted by Crippen LogP contribution is 2.29. The Kier molecular flexibility index (Phi) is 4.23. The van der Waals surface area contributed by atoms with Crippen LogP contribution in [0.25, 0.3) is 0 Å². The van der Waals surface area contributed by atoms with Gasteiger partial charge >= 0.3 is 6.18 Å². The Hall–Kier alpha value is -2.01. The average Bonchev–Trinajstić information content (AvgIpc) is 2.41. The Morgan fingerprint density at radius 1 is 1.10 bits per heavy atom. The van der Waals surface area contributed by atoms with Crippen molar-refractivity contribution in [2.24, 2.45) is 0 Å². The first-order chi connectivity index (χ1) is 9.77. The lowest BCUT2D eigenvalue weighted by atomic mass is 10.1. The quantitative estimate of drug-likeness (QED) is 0.837. The molecule has 1 amide bonds. The van der Waals surface area contributed by atoms with Crippen LogP contribution >= 0.6 is 11.6 Å². The molecule has 1 N–H and O–H groups in total. The van der Waals surface area contributed by atoms with Crippen molar-refractivity contribution in [1.82, 2.24) is 0 Å². The van der Waals surface area contributed by atoms with Gasteiger partial charge in [0.2, 0.25) is 0 Å². The molecule has 0 heterocycles. The summed E-state index contributed by atoms with van der Waals surface area (Å²) in [6.07, 6.45) is -4.42. The van der Waals surface area contributed by atoms with Gasteiger partial charge in [-0.3, -0.25) is 4.79 Å². The van der Waals surface area contributed by atoms with Gasteiger partial charge in [-0.05, 0) is 48.9 Å². The second kappa shape index (κ2) is 5.77. The second-order valence-corrected chi connectivity index (χ2v) is 4.92. The molecule has 0 aliphatic rings. The number of carbonyl (C=O) groups is 1. The smallest absolute Gasteiger partial charge is 0.321 e. The molecule has 2 rings (SSSR count). The van der Waals surface area contributed by atoms with Crippen molar-refractivity contribution < 1.29 is 18.0 Å². The van der Waals surface area contributed by atoms with E-state index in [1.807, 2.05) is 6.92 Å². The van der Waals surface area contributed by atoms with E-state index in [9.17, 15) is 18.0 Å². The molecule has 0 saturated heterocycles. The highest BCUT2D eigenvalue weighted by Gasteiger charge is 2.30. The molecule has 0 aliphatic carbocycles. The molecule has 0 unspecified atom stereocenters. The molecule has 0 aliphatic heterocycles. The Morgan fingerprint density at radius 3 is 2.24 bits per heavy atom. The molecule has 2 aromatic rings. The molecular weight excluding hydrogens is 303 g/mol. The summed E-state index contributed by atoms with van der Waals surface area (Å²) in [7, 11) is 0. The summed E-state index contributed by atoms with van der Waals surface area (Å²) in [5.41, 5.74) is 0.673. The summed E-state index contributed by atoms with van der Waals surface area (Å²) in [5.74, 6) is -0.519. The van der Waals surface area contributed by atoms with Crippen molar-refractivity contribution in [2.75, 3.05) is 5.32 Å². The molecule has 0 atom stereocenters. The van der Waals surface area contributed by atoms with Crippen LogP contribution < -0.4 is 5.32 Å². The Labute approximate surface area is 124 Å². The molecule has 0 aromatic heterocycles. The lowest BCUT2D eigenvalue weighted by Crippen LogP contribution is -2.13. The number of rotatable bonds is 2. The maximum Gasteiger partial charge on any atom is 0.416 e. The number of benzene rings is 2. The molecule has 2 nitrogen and oxygen atoms in total. The van der Waals surface area contributed by atoms with Crippen molar-refractivity contribution in [3.05, 3.63) is 64.2 Å². The van der Waals surface area contributed by atoms with E-state index in [4.69, 9.17) is 11.6 Å². The Bertz CT molecular complexity index is 666. The van der Waals surface area contributed by atoms with Gasteiger partial charge in [0.25, 0.3) is 5.91 Å². The number of amides is 1. The van der Waals surface area contributed by atoms with Crippen molar-refractivity contribution in [3.63, 3.8) is 0 Å². The van der Waals surface area contributed by atoms with Gasteiger partial charge in [-0.15, -0.1) is 0 Å². The normalized spacial score (nSPS) is 11.3. The molecular formula is C15H11ClF3NO. The third-order valence-electron chi connectivity index (χ3n) is 2.85. The Balaban J connectivity index is 2.17. The van der Waals surface area contributed by atoms with Crippen LogP contribution in [0.2, 0.25) is 5.02 Å². The van der Waals surface area contributed by atoms with Crippen LogP contribution in [0.5, 0.6) is 0 Å². The van der Waals surface area contributed by atoms with E-state index in [0.29, 0.717) is 10.7 Å². The van der Waals surface area contributed by atoms with Crippen LogP contribution in [0.3, 0.4) is 0 Å². The fourth-order valence-electron chi connectivity index (χ4n) is 1.73. The fraction of sp³-hybridized carbons (Fsp3) is 0.133. The SMILES string of the molecule is Cc1ccc(NC(=O)c2ccc(C(F)(F)F)cc2)c(Cl)c1. The molecule has 0 bridgehead atoms. The summed E-state index contributed by atoms with van der Waals surface area (Å²) in [6, 6.07) is 9.08. The summed E-state index contributed by atoms with van der Waals surface area (Å²) < 4.78 is 37.3. The van der Waals surface area contributed by atoms with Crippen molar-refractivity contribution >= 4 is 23.2 Å². The van der Waals surface area contributed by atoms with E-state index < -0.39 is 17.6 Å². The Morgan fingerprint density at radius 2 is 1.71 bits per heavy atom. The molecule has 0 saturated carbocycles. The summed E-state index contributed by atoms with van der Waals surface area (Å²) in [6.45, 7) is 1.85. The zero-order chi connectivity index (χ0) is 15.6. The van der Waals surface area contributed by atoms with Gasteiger partial charge in [0.05, 0.1) is 16.3 Å². The number of hydrogen-bond acceptors (Lipinski definition) is 1. The van der Waals surface area contributed by atoms with E-state index in [-0.39, 0.29) is 5.56 Å². The predicted molar refractivity (Wildman–Crippen MR) is 75.6 cm³/mol. The van der Waals surface area contributed by atoms with Gasteiger partial charge < -0.3 is 5.32 Å². The number of aryl methyl sites for hydroxylation is 1. The number of nitrogens with one attached hydrogen (secondary N) is 1. The first-order valence-corrected chi connectivity index (χ1v) is 6.40. The largest absolute Gasteiger partial charge is 0.416 e. The van der Waals surface area contributed by atoms with Gasteiger partial charge in [-0.1, -0.05) is 17.7 Å². The van der Waals surface area contributed by atoms with Gasteiger partial charge in [0, 0.05) is 5.56 Å². The minimum atomic E-state index is -4.42. The zero-order valence-corrected chi connectivity index (χ0v) is 11.7. The van der Waals surface area contributed by atoms with Crippen LogP contribution in [0, 0.1) is 6.92 Å². The minimum absolute atomic E-state index is 0.125. The highest BCUT2D eigenvalue weighted by molar-refractivity contribution is 6.34. The maximum absolute atomic E-state index is 12.4. The minimum Gasteiger partial charge on any atom is -0.321 e. The molecule has 21 heavy (non-hydrogen) atoms. The van der Waals surface area contributed by atoms with Crippen molar-refractivity contribution in [2.45, 2.75) is 13.1 Å². The standard InChI is InChI=1S/C15H11ClF3NO/c1-9-2-7-13(12(16)8-9)20-14(21)10-3-5-11(6-4-10)15(17,18)19/h2-8H,1H3,(H,20,21). The number of alkyl halides is 3. The topological polar surface area (TPSA) is 29.1 Å². The van der Waals surface area contributed by atoms with Crippen LogP contribution in [0.15, 0.2) is 42.5 Å². The first kappa shape index (κ1) is 15.4. The molecule has 0 spiro atoms. The van der Waals surface area contributed by atoms with Gasteiger partial charge in [0.15, 0.2) is 0 Å². The van der Waals surface area contributed by atoms with Crippen LogP contribution in [-0.4, -0.2) is 5.91 Å². The van der Waals surface area contributed by atoms with E-state index in [0.717, 1.165) is 29.8 Å². The van der Waals surface area contributed by atoms with Gasteiger partial charge in [-0.25, -0.2) is 0 Å². The van der Waals surface area contributed by atoms with Crippen LogP contribution in [-0.2, 0) is 6.18 Å². The van der Waals surface area contributed by atoms with Crippen LogP contribution in [0.1, 0.15) is 21.5 Å². The predicted octanol–water partition coefficient (Wildman–Crippen LogP) is 4.92. The molecule has 2 aromatic carbocycles. The maximum atomic E-state index is 12.4. The van der Waals surface area contributed by atoms with Gasteiger partial charge in [-0.2, -0.15) is 13.2 Å². The molecule has 6 heteroatoms. The van der Waals surface area contributed by atoms with E-state index in [1.165, 1.54) is 0 Å². The molecule has 0 radical (unpaired) electrons. The zero-order valence-electron chi connectivity index (χ0n) is 11.0. The average molecular weight is 314 g/mol. The van der Waals surface area contributed by atoms with E-state index in [1.54, 1.807) is 18.2 Å². The first-order valence-electron chi connectivity index (χ1n) is 6.02. The number of hydrogen-bond donors (Lipinski definition) is 1. The third kappa shape index (κ3) is 3.76. The monoisotopic (exact) mass is 313 g/mol.